The molecule has 2 aliphatic heterocycles. The van der Waals surface area contributed by atoms with Crippen LogP contribution < -0.4 is 15.2 Å². The fourth-order valence-corrected chi connectivity index (χ4v) is 2.92. The maximum absolute atomic E-state index is 6.07. The van der Waals surface area contributed by atoms with Gasteiger partial charge in [0.2, 0.25) is 0 Å². The van der Waals surface area contributed by atoms with Crippen LogP contribution in [0.4, 0.5) is 0 Å². The molecule has 0 radical (unpaired) electrons. The second-order valence-electron chi connectivity index (χ2n) is 5.48. The average Bonchev–Trinajstić information content (AvgIpc) is 2.46. The van der Waals surface area contributed by atoms with Crippen molar-refractivity contribution in [2.45, 2.75) is 31.8 Å². The van der Waals surface area contributed by atoms with E-state index in [2.05, 4.69) is 24.0 Å². The molecule has 0 bridgehead atoms. The molecule has 1 aromatic rings. The van der Waals surface area contributed by atoms with Crippen molar-refractivity contribution in [3.8, 4) is 11.5 Å². The third-order valence-corrected chi connectivity index (χ3v) is 4.09. The summed E-state index contributed by atoms with van der Waals surface area (Å²) in [4.78, 5) is 2.46. The van der Waals surface area contributed by atoms with Gasteiger partial charge in [0.25, 0.3) is 0 Å². The van der Waals surface area contributed by atoms with Crippen LogP contribution in [0.5, 0.6) is 11.5 Å². The molecule has 0 amide bonds. The molecule has 0 aliphatic carbocycles. The standard InChI is InChI=1S/C15H22N2O2/c1-11(17-6-2-3-13(16)10-17)12-4-5-14-15(9-12)19-8-7-18-14/h4-5,9,11,13H,2-3,6-8,10,16H2,1H3. The number of hydrogen-bond donors (Lipinski definition) is 1. The molecule has 1 saturated heterocycles. The van der Waals surface area contributed by atoms with Gasteiger partial charge in [-0.25, -0.2) is 0 Å². The van der Waals surface area contributed by atoms with E-state index in [1.54, 1.807) is 0 Å². The van der Waals surface area contributed by atoms with Gasteiger partial charge in [-0.05, 0) is 44.0 Å². The molecule has 2 atom stereocenters. The zero-order valence-electron chi connectivity index (χ0n) is 11.5. The fraction of sp³-hybridized carbons (Fsp3) is 0.600. The number of nitrogens with zero attached hydrogens (tertiary/aromatic N) is 1. The van der Waals surface area contributed by atoms with Crippen molar-refractivity contribution in [1.29, 1.82) is 0 Å². The van der Waals surface area contributed by atoms with Crippen LogP contribution in [0.1, 0.15) is 31.4 Å². The fourth-order valence-electron chi connectivity index (χ4n) is 2.92. The first kappa shape index (κ1) is 12.8. The molecule has 1 aromatic carbocycles. The van der Waals surface area contributed by atoms with Gasteiger partial charge < -0.3 is 15.2 Å². The molecular weight excluding hydrogens is 240 g/mol. The zero-order chi connectivity index (χ0) is 13.2. The van der Waals surface area contributed by atoms with E-state index < -0.39 is 0 Å². The number of fused-ring (bicyclic) bond motifs is 1. The van der Waals surface area contributed by atoms with Crippen LogP contribution in [0.15, 0.2) is 18.2 Å². The monoisotopic (exact) mass is 262 g/mol. The largest absolute Gasteiger partial charge is 0.486 e. The van der Waals surface area contributed by atoms with Crippen LogP contribution in [-0.4, -0.2) is 37.2 Å². The van der Waals surface area contributed by atoms with Crippen LogP contribution in [0.2, 0.25) is 0 Å². The lowest BCUT2D eigenvalue weighted by atomic mass is 10.0. The summed E-state index contributed by atoms with van der Waals surface area (Å²) in [6, 6.07) is 6.96. The zero-order valence-corrected chi connectivity index (χ0v) is 11.5. The van der Waals surface area contributed by atoms with E-state index in [0.717, 1.165) is 31.0 Å². The summed E-state index contributed by atoms with van der Waals surface area (Å²) in [7, 11) is 0. The molecule has 19 heavy (non-hydrogen) atoms. The summed E-state index contributed by atoms with van der Waals surface area (Å²) in [5, 5.41) is 0. The highest BCUT2D eigenvalue weighted by Gasteiger charge is 2.23. The van der Waals surface area contributed by atoms with Gasteiger partial charge in [-0.2, -0.15) is 0 Å². The van der Waals surface area contributed by atoms with Crippen molar-refractivity contribution in [3.05, 3.63) is 23.8 Å². The van der Waals surface area contributed by atoms with Gasteiger partial charge in [-0.3, -0.25) is 4.90 Å². The molecule has 3 rings (SSSR count). The normalized spacial score (nSPS) is 25.1. The van der Waals surface area contributed by atoms with E-state index in [1.165, 1.54) is 12.0 Å². The van der Waals surface area contributed by atoms with Gasteiger partial charge in [0.15, 0.2) is 11.5 Å². The number of rotatable bonds is 2. The quantitative estimate of drug-likeness (QED) is 0.885. The van der Waals surface area contributed by atoms with E-state index in [9.17, 15) is 0 Å². The van der Waals surface area contributed by atoms with Crippen molar-refractivity contribution in [3.63, 3.8) is 0 Å². The van der Waals surface area contributed by atoms with E-state index in [0.29, 0.717) is 25.3 Å². The minimum absolute atomic E-state index is 0.313. The third-order valence-electron chi connectivity index (χ3n) is 4.09. The van der Waals surface area contributed by atoms with E-state index in [4.69, 9.17) is 15.2 Å². The first-order valence-corrected chi connectivity index (χ1v) is 7.13. The Morgan fingerprint density at radius 3 is 2.84 bits per heavy atom. The van der Waals surface area contributed by atoms with E-state index in [-0.39, 0.29) is 0 Å². The highest BCUT2D eigenvalue weighted by atomic mass is 16.6. The first-order chi connectivity index (χ1) is 9.24. The molecule has 0 saturated carbocycles. The second kappa shape index (κ2) is 5.39. The van der Waals surface area contributed by atoms with Crippen molar-refractivity contribution in [1.82, 2.24) is 4.90 Å². The Morgan fingerprint density at radius 1 is 1.26 bits per heavy atom. The Bertz CT molecular complexity index is 450. The average molecular weight is 262 g/mol. The van der Waals surface area contributed by atoms with Crippen LogP contribution in [0.3, 0.4) is 0 Å². The Balaban J connectivity index is 1.77. The highest BCUT2D eigenvalue weighted by Crippen LogP contribution is 2.34. The van der Waals surface area contributed by atoms with Crippen molar-refractivity contribution < 1.29 is 9.47 Å². The summed E-state index contributed by atoms with van der Waals surface area (Å²) in [5.41, 5.74) is 7.34. The van der Waals surface area contributed by atoms with Crippen LogP contribution in [0.25, 0.3) is 0 Å². The number of benzene rings is 1. The Hall–Kier alpha value is -1.26. The van der Waals surface area contributed by atoms with Crippen LogP contribution in [-0.2, 0) is 0 Å². The second-order valence-corrected chi connectivity index (χ2v) is 5.48. The Labute approximate surface area is 114 Å². The van der Waals surface area contributed by atoms with Crippen LogP contribution in [0, 0.1) is 0 Å². The number of ether oxygens (including phenoxy) is 2. The van der Waals surface area contributed by atoms with Crippen LogP contribution >= 0.6 is 0 Å². The topological polar surface area (TPSA) is 47.7 Å². The number of piperidine rings is 1. The number of nitrogens with two attached hydrogens (primary N) is 1. The van der Waals surface area contributed by atoms with E-state index in [1.807, 2.05) is 6.07 Å². The number of hydrogen-bond acceptors (Lipinski definition) is 4. The van der Waals surface area contributed by atoms with Gasteiger partial charge >= 0.3 is 0 Å². The summed E-state index contributed by atoms with van der Waals surface area (Å²) in [6.45, 7) is 5.63. The summed E-state index contributed by atoms with van der Waals surface area (Å²) >= 11 is 0. The lowest BCUT2D eigenvalue weighted by Crippen LogP contribution is -2.43. The molecule has 2 unspecified atom stereocenters. The van der Waals surface area contributed by atoms with Gasteiger partial charge in [0.05, 0.1) is 0 Å². The van der Waals surface area contributed by atoms with Gasteiger partial charge in [-0.15, -0.1) is 0 Å². The lowest BCUT2D eigenvalue weighted by Gasteiger charge is -2.35. The summed E-state index contributed by atoms with van der Waals surface area (Å²) < 4.78 is 11.2. The lowest BCUT2D eigenvalue weighted by molar-refractivity contribution is 0.156. The highest BCUT2D eigenvalue weighted by molar-refractivity contribution is 5.44. The molecular formula is C15H22N2O2. The molecule has 2 aliphatic rings. The van der Waals surface area contributed by atoms with Gasteiger partial charge in [0.1, 0.15) is 13.2 Å². The molecule has 104 valence electrons. The molecule has 0 aromatic heterocycles. The predicted octanol–water partition coefficient (Wildman–Crippen LogP) is 1.94. The SMILES string of the molecule is CC(c1ccc2c(c1)OCCO2)N1CCCC(N)C1. The van der Waals surface area contributed by atoms with Crippen molar-refractivity contribution in [2.24, 2.45) is 5.73 Å². The summed E-state index contributed by atoms with van der Waals surface area (Å²) in [5.74, 6) is 1.73. The minimum Gasteiger partial charge on any atom is -0.486 e. The minimum atomic E-state index is 0.313. The predicted molar refractivity (Wildman–Crippen MR) is 74.6 cm³/mol. The molecule has 2 heterocycles. The van der Waals surface area contributed by atoms with Crippen molar-refractivity contribution >= 4 is 0 Å². The smallest absolute Gasteiger partial charge is 0.161 e. The van der Waals surface area contributed by atoms with Gasteiger partial charge in [-0.1, -0.05) is 6.07 Å². The van der Waals surface area contributed by atoms with E-state index >= 15 is 0 Å². The van der Waals surface area contributed by atoms with Gasteiger partial charge in [0, 0.05) is 18.6 Å². The van der Waals surface area contributed by atoms with Crippen molar-refractivity contribution in [2.75, 3.05) is 26.3 Å². The summed E-state index contributed by atoms with van der Waals surface area (Å²) in [6.07, 6.45) is 2.33. The first-order valence-electron chi connectivity index (χ1n) is 7.13. The maximum atomic E-state index is 6.07. The molecule has 4 heteroatoms. The maximum Gasteiger partial charge on any atom is 0.161 e. The molecule has 1 fully saturated rings. The Morgan fingerprint density at radius 2 is 2.05 bits per heavy atom. The molecule has 4 nitrogen and oxygen atoms in total. The molecule has 0 spiro atoms. The number of likely N-dealkylation sites (tertiary alicyclic amines) is 1. The third kappa shape index (κ3) is 2.69. The molecule has 2 N–H and O–H groups in total. The Kier molecular flexibility index (Phi) is 3.62.